The molecule has 1 aromatic rings. The van der Waals surface area contributed by atoms with E-state index >= 15 is 0 Å². The Kier molecular flexibility index (Phi) is 13.4. The van der Waals surface area contributed by atoms with Gasteiger partial charge in [-0.05, 0) is 29.7 Å². The Labute approximate surface area is 154 Å². The van der Waals surface area contributed by atoms with Gasteiger partial charge in [-0.25, -0.2) is 0 Å². The van der Waals surface area contributed by atoms with Gasteiger partial charge in [0.15, 0.2) is 0 Å². The summed E-state index contributed by atoms with van der Waals surface area (Å²) >= 11 is 0. The zero-order chi connectivity index (χ0) is 18.2. The Morgan fingerprint density at radius 2 is 1.08 bits per heavy atom. The van der Waals surface area contributed by atoms with Gasteiger partial charge in [0.1, 0.15) is 5.75 Å². The van der Waals surface area contributed by atoms with Crippen molar-refractivity contribution in [1.82, 2.24) is 0 Å². The first-order chi connectivity index (χ1) is 12.3. The minimum atomic E-state index is -0.0250. The van der Waals surface area contributed by atoms with Crippen LogP contribution >= 0.6 is 0 Å². The van der Waals surface area contributed by atoms with Crippen LogP contribution in [-0.2, 0) is 13.2 Å². The van der Waals surface area contributed by atoms with Crippen molar-refractivity contribution in [2.45, 2.75) is 97.2 Å². The second-order valence-corrected chi connectivity index (χ2v) is 7.04. The van der Waals surface area contributed by atoms with Crippen molar-refractivity contribution in [2.75, 3.05) is 6.61 Å². The maximum absolute atomic E-state index is 9.23. The first-order valence-electron chi connectivity index (χ1n) is 10.3. The molecule has 2 N–H and O–H groups in total. The van der Waals surface area contributed by atoms with Gasteiger partial charge in [-0.15, -0.1) is 0 Å². The molecule has 0 aliphatic carbocycles. The highest BCUT2D eigenvalue weighted by molar-refractivity contribution is 5.33. The molecule has 0 amide bonds. The summed E-state index contributed by atoms with van der Waals surface area (Å²) < 4.78 is 5.76. The molecule has 1 rings (SSSR count). The smallest absolute Gasteiger partial charge is 0.120 e. The van der Waals surface area contributed by atoms with Gasteiger partial charge >= 0.3 is 0 Å². The van der Waals surface area contributed by atoms with E-state index in [0.717, 1.165) is 23.3 Å². The number of aliphatic hydroxyl groups excluding tert-OH is 2. The molecule has 0 unspecified atom stereocenters. The molecular weight excluding hydrogens is 312 g/mol. The minimum absolute atomic E-state index is 0.0250. The van der Waals surface area contributed by atoms with Crippen molar-refractivity contribution in [3.8, 4) is 5.75 Å². The van der Waals surface area contributed by atoms with Crippen LogP contribution < -0.4 is 4.74 Å². The average Bonchev–Trinajstić information content (AvgIpc) is 2.65. The van der Waals surface area contributed by atoms with Crippen LogP contribution in [0.3, 0.4) is 0 Å². The Morgan fingerprint density at radius 3 is 1.52 bits per heavy atom. The molecule has 25 heavy (non-hydrogen) atoms. The van der Waals surface area contributed by atoms with Crippen LogP contribution in [-0.4, -0.2) is 16.8 Å². The normalized spacial score (nSPS) is 11.0. The van der Waals surface area contributed by atoms with Crippen molar-refractivity contribution in [3.05, 3.63) is 29.3 Å². The topological polar surface area (TPSA) is 49.7 Å². The summed E-state index contributed by atoms with van der Waals surface area (Å²) in [6.45, 7) is 2.92. The van der Waals surface area contributed by atoms with Crippen LogP contribution in [0.2, 0.25) is 0 Å². The number of aliphatic hydroxyl groups is 2. The third-order valence-corrected chi connectivity index (χ3v) is 4.66. The molecule has 0 heterocycles. The maximum Gasteiger partial charge on any atom is 0.120 e. The number of hydrogen-bond acceptors (Lipinski definition) is 3. The highest BCUT2D eigenvalue weighted by Gasteiger charge is 2.01. The summed E-state index contributed by atoms with van der Waals surface area (Å²) in [6.07, 6.45) is 16.0. The van der Waals surface area contributed by atoms with E-state index in [1.807, 2.05) is 12.1 Å². The predicted molar refractivity (Wildman–Crippen MR) is 105 cm³/mol. The fourth-order valence-corrected chi connectivity index (χ4v) is 3.13. The van der Waals surface area contributed by atoms with E-state index in [1.54, 1.807) is 6.07 Å². The van der Waals surface area contributed by atoms with Crippen molar-refractivity contribution in [1.29, 1.82) is 0 Å². The molecule has 1 aromatic carbocycles. The summed E-state index contributed by atoms with van der Waals surface area (Å²) in [4.78, 5) is 0. The highest BCUT2D eigenvalue weighted by Crippen LogP contribution is 2.18. The number of rotatable bonds is 16. The monoisotopic (exact) mass is 350 g/mol. The molecule has 3 nitrogen and oxygen atoms in total. The second kappa shape index (κ2) is 15.2. The lowest BCUT2D eigenvalue weighted by Gasteiger charge is -2.09. The van der Waals surface area contributed by atoms with Crippen LogP contribution in [0.5, 0.6) is 5.75 Å². The Hall–Kier alpha value is -1.06. The molecular formula is C22H38O3. The Bertz CT molecular complexity index is 409. The first kappa shape index (κ1) is 22.0. The van der Waals surface area contributed by atoms with E-state index in [4.69, 9.17) is 4.74 Å². The lowest BCUT2D eigenvalue weighted by molar-refractivity contribution is 0.269. The lowest BCUT2D eigenvalue weighted by Crippen LogP contribution is -1.99. The number of benzene rings is 1. The van der Waals surface area contributed by atoms with E-state index in [-0.39, 0.29) is 13.2 Å². The van der Waals surface area contributed by atoms with Crippen LogP contribution in [0.25, 0.3) is 0 Å². The van der Waals surface area contributed by atoms with E-state index in [2.05, 4.69) is 6.92 Å². The van der Waals surface area contributed by atoms with Crippen LogP contribution in [0.15, 0.2) is 18.2 Å². The average molecular weight is 351 g/mol. The summed E-state index contributed by atoms with van der Waals surface area (Å²) in [5.74, 6) is 0.749. The van der Waals surface area contributed by atoms with Gasteiger partial charge in [-0.2, -0.15) is 0 Å². The standard InChI is InChI=1S/C22H38O3/c1-2-3-4-5-6-7-8-9-10-11-12-13-14-25-22-16-20(18-23)15-21(17-22)19-24/h15-17,23-24H,2-14,18-19H2,1H3. The van der Waals surface area contributed by atoms with E-state index in [0.29, 0.717) is 6.61 Å². The molecule has 0 atom stereocenters. The first-order valence-corrected chi connectivity index (χ1v) is 10.3. The molecule has 0 spiro atoms. The fourth-order valence-electron chi connectivity index (χ4n) is 3.13. The van der Waals surface area contributed by atoms with Crippen LogP contribution in [0.1, 0.15) is 95.1 Å². The van der Waals surface area contributed by atoms with E-state index < -0.39 is 0 Å². The summed E-state index contributed by atoms with van der Waals surface area (Å²) in [7, 11) is 0. The summed E-state index contributed by atoms with van der Waals surface area (Å²) in [5, 5.41) is 18.5. The third kappa shape index (κ3) is 11.2. The Morgan fingerprint density at radius 1 is 0.640 bits per heavy atom. The van der Waals surface area contributed by atoms with Gasteiger partial charge in [0.05, 0.1) is 19.8 Å². The third-order valence-electron chi connectivity index (χ3n) is 4.66. The zero-order valence-electron chi connectivity index (χ0n) is 16.1. The summed E-state index contributed by atoms with van der Waals surface area (Å²) in [5.41, 5.74) is 1.58. The highest BCUT2D eigenvalue weighted by atomic mass is 16.5. The molecule has 0 saturated carbocycles. The molecule has 0 bridgehead atoms. The Balaban J connectivity index is 1.97. The second-order valence-electron chi connectivity index (χ2n) is 7.04. The predicted octanol–water partition coefficient (Wildman–Crippen LogP) is 5.75. The lowest BCUT2D eigenvalue weighted by atomic mass is 10.1. The largest absolute Gasteiger partial charge is 0.494 e. The van der Waals surface area contributed by atoms with Crippen LogP contribution in [0, 0.1) is 0 Å². The van der Waals surface area contributed by atoms with Crippen LogP contribution in [0.4, 0.5) is 0 Å². The van der Waals surface area contributed by atoms with Gasteiger partial charge in [0, 0.05) is 0 Å². The molecule has 0 radical (unpaired) electrons. The number of ether oxygens (including phenoxy) is 1. The van der Waals surface area contributed by atoms with Gasteiger partial charge in [-0.3, -0.25) is 0 Å². The van der Waals surface area contributed by atoms with Crippen molar-refractivity contribution >= 4 is 0 Å². The van der Waals surface area contributed by atoms with Crippen molar-refractivity contribution in [2.24, 2.45) is 0 Å². The van der Waals surface area contributed by atoms with Crippen molar-refractivity contribution < 1.29 is 14.9 Å². The van der Waals surface area contributed by atoms with Crippen molar-refractivity contribution in [3.63, 3.8) is 0 Å². The van der Waals surface area contributed by atoms with Gasteiger partial charge < -0.3 is 14.9 Å². The zero-order valence-corrected chi connectivity index (χ0v) is 16.1. The SMILES string of the molecule is CCCCCCCCCCCCCCOc1cc(CO)cc(CO)c1. The molecule has 0 aromatic heterocycles. The minimum Gasteiger partial charge on any atom is -0.494 e. The van der Waals surface area contributed by atoms with E-state index in [9.17, 15) is 10.2 Å². The summed E-state index contributed by atoms with van der Waals surface area (Å²) in [6, 6.07) is 5.50. The number of unbranched alkanes of at least 4 members (excludes halogenated alkanes) is 11. The molecule has 0 aliphatic heterocycles. The number of hydrogen-bond donors (Lipinski definition) is 2. The molecule has 0 fully saturated rings. The quantitative estimate of drug-likeness (QED) is 0.373. The van der Waals surface area contributed by atoms with Gasteiger partial charge in [0.2, 0.25) is 0 Å². The molecule has 0 aliphatic rings. The van der Waals surface area contributed by atoms with Gasteiger partial charge in [-0.1, -0.05) is 83.6 Å². The fraction of sp³-hybridized carbons (Fsp3) is 0.727. The van der Waals surface area contributed by atoms with Gasteiger partial charge in [0.25, 0.3) is 0 Å². The molecule has 0 saturated heterocycles. The molecule has 3 heteroatoms. The maximum atomic E-state index is 9.23. The van der Waals surface area contributed by atoms with E-state index in [1.165, 1.54) is 70.6 Å². The molecule has 144 valence electrons.